The molecule has 0 radical (unpaired) electrons. The van der Waals surface area contributed by atoms with Crippen LogP contribution in [0.4, 0.5) is 14.0 Å². The number of aromatic nitrogens is 1. The predicted molar refractivity (Wildman–Crippen MR) is 149 cm³/mol. The second-order valence-corrected chi connectivity index (χ2v) is 12.2. The summed E-state index contributed by atoms with van der Waals surface area (Å²) in [6.07, 6.45) is 1.62. The molecule has 7 nitrogen and oxygen atoms in total. The highest BCUT2D eigenvalue weighted by Gasteiger charge is 2.34. The summed E-state index contributed by atoms with van der Waals surface area (Å²) in [5.41, 5.74) is 3.25. The molecule has 1 heterocycles. The highest BCUT2D eigenvalue weighted by Crippen LogP contribution is 2.35. The lowest BCUT2D eigenvalue weighted by atomic mass is 9.90. The Labute approximate surface area is 229 Å². The Bertz CT molecular complexity index is 1400. The van der Waals surface area contributed by atoms with Crippen LogP contribution in [0, 0.1) is 5.82 Å². The lowest BCUT2D eigenvalue weighted by molar-refractivity contribution is 0.0207. The smallest absolute Gasteiger partial charge is 0.419 e. The summed E-state index contributed by atoms with van der Waals surface area (Å²) in [4.78, 5) is 27.8. The Morgan fingerprint density at radius 3 is 2.26 bits per heavy atom. The van der Waals surface area contributed by atoms with Gasteiger partial charge >= 0.3 is 12.2 Å². The molecule has 1 amide bonds. The van der Waals surface area contributed by atoms with E-state index in [0.29, 0.717) is 25.7 Å². The van der Waals surface area contributed by atoms with Crippen molar-refractivity contribution in [2.24, 2.45) is 0 Å². The van der Waals surface area contributed by atoms with Crippen molar-refractivity contribution in [1.82, 2.24) is 9.47 Å². The van der Waals surface area contributed by atoms with Gasteiger partial charge in [-0.25, -0.2) is 18.5 Å². The number of rotatable bonds is 4. The minimum Gasteiger partial charge on any atom is -0.494 e. The van der Waals surface area contributed by atoms with Crippen LogP contribution in [0.2, 0.25) is 0 Å². The molecular weight excluding hydrogens is 499 g/mol. The summed E-state index contributed by atoms with van der Waals surface area (Å²) in [7, 11) is 3.21. The highest BCUT2D eigenvalue weighted by atomic mass is 19.1. The number of carbonyl (C=O) groups excluding carboxylic acids is 2. The van der Waals surface area contributed by atoms with Crippen LogP contribution in [-0.2, 0) is 28.7 Å². The van der Waals surface area contributed by atoms with Crippen LogP contribution >= 0.6 is 0 Å². The summed E-state index contributed by atoms with van der Waals surface area (Å²) in [6.45, 7) is 11.1. The zero-order valence-electron chi connectivity index (χ0n) is 24.2. The second-order valence-electron chi connectivity index (χ2n) is 12.2. The third-order valence-electron chi connectivity index (χ3n) is 6.83. The van der Waals surface area contributed by atoms with Crippen molar-refractivity contribution in [3.63, 3.8) is 0 Å². The van der Waals surface area contributed by atoms with Gasteiger partial charge in [-0.15, -0.1) is 0 Å². The van der Waals surface area contributed by atoms with Crippen molar-refractivity contribution >= 4 is 23.1 Å². The number of benzene rings is 2. The first-order valence-electron chi connectivity index (χ1n) is 13.3. The van der Waals surface area contributed by atoms with E-state index >= 15 is 0 Å². The Morgan fingerprint density at radius 2 is 1.64 bits per heavy atom. The summed E-state index contributed by atoms with van der Waals surface area (Å²) >= 11 is 0. The van der Waals surface area contributed by atoms with Crippen LogP contribution in [0.1, 0.15) is 70.3 Å². The number of ether oxygens (including phenoxy) is 3. The van der Waals surface area contributed by atoms with E-state index in [1.54, 1.807) is 22.6 Å². The number of hydrogen-bond donors (Lipinski definition) is 0. The van der Waals surface area contributed by atoms with Crippen molar-refractivity contribution in [2.45, 2.75) is 84.5 Å². The van der Waals surface area contributed by atoms with Gasteiger partial charge in [0.2, 0.25) is 0 Å². The van der Waals surface area contributed by atoms with Crippen LogP contribution in [0.25, 0.3) is 10.9 Å². The number of fused-ring (bicyclic) bond motifs is 3. The maximum atomic E-state index is 14.3. The lowest BCUT2D eigenvalue weighted by Gasteiger charge is -2.33. The molecule has 1 aliphatic rings. The molecule has 1 unspecified atom stereocenters. The molecule has 3 aromatic rings. The fourth-order valence-corrected chi connectivity index (χ4v) is 5.08. The Kier molecular flexibility index (Phi) is 7.70. The summed E-state index contributed by atoms with van der Waals surface area (Å²) < 4.78 is 32.4. The molecule has 0 aliphatic heterocycles. The lowest BCUT2D eigenvalue weighted by Crippen LogP contribution is -2.43. The number of carbonyl (C=O) groups is 2. The molecule has 0 saturated carbocycles. The minimum absolute atomic E-state index is 0.0793. The number of hydrogen-bond acceptors (Lipinski definition) is 5. The summed E-state index contributed by atoms with van der Waals surface area (Å²) in [5, 5.41) is 0.935. The maximum Gasteiger partial charge on any atom is 0.419 e. The van der Waals surface area contributed by atoms with E-state index in [4.69, 9.17) is 14.2 Å². The van der Waals surface area contributed by atoms with Crippen LogP contribution < -0.4 is 4.74 Å². The van der Waals surface area contributed by atoms with Gasteiger partial charge in [0.15, 0.2) is 11.6 Å². The van der Waals surface area contributed by atoms with E-state index < -0.39 is 23.1 Å². The number of halogens is 1. The van der Waals surface area contributed by atoms with Gasteiger partial charge in [0.1, 0.15) is 11.2 Å². The average Bonchev–Trinajstić information content (AvgIpc) is 3.15. The number of nitrogens with zero attached hydrogens (tertiary/aromatic N) is 2. The Balaban J connectivity index is 1.73. The van der Waals surface area contributed by atoms with Crippen molar-refractivity contribution in [3.8, 4) is 5.75 Å². The first kappa shape index (κ1) is 28.5. The summed E-state index contributed by atoms with van der Waals surface area (Å²) in [6, 6.07) is 10.8. The van der Waals surface area contributed by atoms with Gasteiger partial charge in [0, 0.05) is 24.2 Å². The van der Waals surface area contributed by atoms with Crippen molar-refractivity contribution in [3.05, 3.63) is 64.6 Å². The molecule has 8 heteroatoms. The van der Waals surface area contributed by atoms with E-state index in [1.165, 1.54) is 13.2 Å². The zero-order chi connectivity index (χ0) is 28.7. The van der Waals surface area contributed by atoms with Crippen LogP contribution in [-0.4, -0.2) is 53.1 Å². The Hall–Kier alpha value is -3.55. The van der Waals surface area contributed by atoms with Crippen molar-refractivity contribution in [2.75, 3.05) is 14.2 Å². The molecule has 210 valence electrons. The van der Waals surface area contributed by atoms with Gasteiger partial charge in [-0.05, 0) is 108 Å². The van der Waals surface area contributed by atoms with E-state index in [1.807, 2.05) is 59.7 Å². The molecule has 1 aliphatic carbocycles. The normalized spacial score (nSPS) is 15.6. The van der Waals surface area contributed by atoms with Gasteiger partial charge in [-0.3, -0.25) is 0 Å². The van der Waals surface area contributed by atoms with Gasteiger partial charge in [-0.1, -0.05) is 12.1 Å². The number of amides is 1. The second kappa shape index (κ2) is 10.5. The van der Waals surface area contributed by atoms with Crippen molar-refractivity contribution < 1.29 is 28.2 Å². The van der Waals surface area contributed by atoms with Crippen molar-refractivity contribution in [1.29, 1.82) is 0 Å². The zero-order valence-corrected chi connectivity index (χ0v) is 24.2. The fourth-order valence-electron chi connectivity index (χ4n) is 5.08. The average molecular weight is 539 g/mol. The van der Waals surface area contributed by atoms with Gasteiger partial charge in [-0.2, -0.15) is 0 Å². The van der Waals surface area contributed by atoms with Gasteiger partial charge in [0.25, 0.3) is 0 Å². The standard InChI is InChI=1S/C31H39FN2O5/c1-30(2,3)38-28(35)33(7)21-11-13-26-23(18-21)22-16-19(15-20-10-14-27(37-8)24(32)17-20)9-12-25(22)34(26)29(36)39-31(4,5)6/h9-10,12,14,16-17,21H,11,13,15,18H2,1-8H3. The minimum atomic E-state index is -0.646. The molecule has 0 N–H and O–H groups in total. The van der Waals surface area contributed by atoms with Crippen LogP contribution in [0.3, 0.4) is 0 Å². The molecule has 1 atom stereocenters. The number of methoxy groups -OCH3 is 1. The quantitative estimate of drug-likeness (QED) is 0.362. The van der Waals surface area contributed by atoms with Crippen LogP contribution in [0.5, 0.6) is 5.75 Å². The molecule has 0 bridgehead atoms. The van der Waals surface area contributed by atoms with E-state index in [9.17, 15) is 14.0 Å². The third-order valence-corrected chi connectivity index (χ3v) is 6.83. The van der Waals surface area contributed by atoms with E-state index in [-0.39, 0.29) is 17.9 Å². The van der Waals surface area contributed by atoms with Crippen LogP contribution in [0.15, 0.2) is 36.4 Å². The van der Waals surface area contributed by atoms with Gasteiger partial charge < -0.3 is 19.1 Å². The first-order chi connectivity index (χ1) is 18.2. The maximum absolute atomic E-state index is 14.3. The highest BCUT2D eigenvalue weighted by molar-refractivity contribution is 5.94. The summed E-state index contributed by atoms with van der Waals surface area (Å²) in [5.74, 6) is -0.199. The molecule has 0 spiro atoms. The monoisotopic (exact) mass is 538 g/mol. The molecular formula is C31H39FN2O5. The SMILES string of the molecule is COc1ccc(Cc2ccc3c(c2)c2c(n3C(=O)OC(C)(C)C)CCC(N(C)C(=O)OC(C)(C)C)C2)cc1F. The molecule has 1 aromatic heterocycles. The van der Waals surface area contributed by atoms with E-state index in [2.05, 4.69) is 6.07 Å². The topological polar surface area (TPSA) is 70.0 Å². The molecule has 2 aromatic carbocycles. The van der Waals surface area contributed by atoms with Gasteiger partial charge in [0.05, 0.1) is 12.6 Å². The molecule has 39 heavy (non-hydrogen) atoms. The molecule has 0 saturated heterocycles. The first-order valence-corrected chi connectivity index (χ1v) is 13.3. The predicted octanol–water partition coefficient (Wildman–Crippen LogP) is 6.89. The molecule has 4 rings (SSSR count). The third kappa shape index (κ3) is 6.37. The largest absolute Gasteiger partial charge is 0.494 e. The molecule has 0 fully saturated rings. The van der Waals surface area contributed by atoms with E-state index in [0.717, 1.165) is 33.3 Å². The fraction of sp³-hybridized carbons (Fsp3) is 0.484. The number of likely N-dealkylation sites (N-methyl/N-ethyl adjacent to an activating group) is 1. The Morgan fingerprint density at radius 1 is 1.00 bits per heavy atom.